The molecule has 0 aromatic rings. The van der Waals surface area contributed by atoms with E-state index in [9.17, 15) is 29.1 Å². The summed E-state index contributed by atoms with van der Waals surface area (Å²) in [5.74, 6) is -2.58. The first-order valence-corrected chi connectivity index (χ1v) is 14.3. The van der Waals surface area contributed by atoms with Crippen LogP contribution in [0, 0.1) is 11.8 Å². The van der Waals surface area contributed by atoms with E-state index in [-0.39, 0.29) is 12.5 Å². The first-order chi connectivity index (χ1) is 18.2. The number of carboxylic acid groups (broad SMARTS) is 1. The minimum Gasteiger partial charge on any atom is -0.481 e. The molecular weight excluding hydrogens is 490 g/mol. The second kappa shape index (κ2) is 17.1. The number of carbonyl (C=O) groups is 5. The summed E-state index contributed by atoms with van der Waals surface area (Å²) in [6, 6.07) is -2.34. The van der Waals surface area contributed by atoms with Crippen LogP contribution in [0.15, 0.2) is 0 Å². The zero-order valence-electron chi connectivity index (χ0n) is 22.8. The maximum absolute atomic E-state index is 12.7. The molecule has 0 unspecified atom stereocenters. The Morgan fingerprint density at radius 2 is 1.63 bits per heavy atom. The molecule has 0 spiro atoms. The zero-order chi connectivity index (χ0) is 27.9. The number of aliphatic carboxylic acids is 1. The molecule has 2 rings (SSSR count). The second-order valence-corrected chi connectivity index (χ2v) is 10.8. The lowest BCUT2D eigenvalue weighted by Gasteiger charge is -2.24. The van der Waals surface area contributed by atoms with Gasteiger partial charge in [0.2, 0.25) is 23.6 Å². The van der Waals surface area contributed by atoms with Gasteiger partial charge in [0, 0.05) is 13.0 Å². The summed E-state index contributed by atoms with van der Waals surface area (Å²) in [4.78, 5) is 63.1. The molecule has 0 radical (unpaired) electrons. The normalized spacial score (nSPS) is 18.3. The van der Waals surface area contributed by atoms with Crippen LogP contribution in [-0.4, -0.2) is 77.9 Å². The number of piperidine rings is 1. The molecule has 1 aliphatic carbocycles. The van der Waals surface area contributed by atoms with Crippen molar-refractivity contribution in [1.82, 2.24) is 20.9 Å². The van der Waals surface area contributed by atoms with Crippen LogP contribution in [0.2, 0.25) is 0 Å². The van der Waals surface area contributed by atoms with Gasteiger partial charge in [-0.05, 0) is 70.4 Å². The highest BCUT2D eigenvalue weighted by molar-refractivity contribution is 6.02. The summed E-state index contributed by atoms with van der Waals surface area (Å²) in [6.07, 6.45) is 10.6. The molecule has 11 heteroatoms. The Bertz CT molecular complexity index is 795. The van der Waals surface area contributed by atoms with Crippen molar-refractivity contribution in [2.24, 2.45) is 17.6 Å². The Morgan fingerprint density at radius 3 is 2.26 bits per heavy atom. The second-order valence-electron chi connectivity index (χ2n) is 10.8. The Balaban J connectivity index is 1.81. The first-order valence-electron chi connectivity index (χ1n) is 14.3. The Labute approximate surface area is 226 Å². The molecule has 0 bridgehead atoms. The van der Waals surface area contributed by atoms with Gasteiger partial charge in [-0.15, -0.1) is 0 Å². The summed E-state index contributed by atoms with van der Waals surface area (Å²) in [7, 11) is 0. The predicted octanol–water partition coefficient (Wildman–Crippen LogP) is 1.29. The maximum Gasteiger partial charge on any atom is 0.305 e. The lowest BCUT2D eigenvalue weighted by Crippen LogP contribution is -2.54. The van der Waals surface area contributed by atoms with Gasteiger partial charge in [0.25, 0.3) is 0 Å². The van der Waals surface area contributed by atoms with Gasteiger partial charge in [-0.2, -0.15) is 0 Å². The number of hydrogen-bond acceptors (Lipinski definition) is 7. The van der Waals surface area contributed by atoms with Crippen LogP contribution in [0.1, 0.15) is 90.4 Å². The van der Waals surface area contributed by atoms with E-state index in [1.54, 1.807) is 6.92 Å². The summed E-state index contributed by atoms with van der Waals surface area (Å²) >= 11 is 0. The van der Waals surface area contributed by atoms with Gasteiger partial charge in [-0.25, -0.2) is 0 Å². The molecule has 1 heterocycles. The molecule has 0 aromatic carbocycles. The lowest BCUT2D eigenvalue weighted by molar-refractivity contribution is -0.143. The van der Waals surface area contributed by atoms with Crippen molar-refractivity contribution in [2.45, 2.75) is 102 Å². The highest BCUT2D eigenvalue weighted by Gasteiger charge is 2.28. The molecule has 2 aliphatic rings. The van der Waals surface area contributed by atoms with Gasteiger partial charge in [0.05, 0.1) is 19.0 Å². The third-order valence-electron chi connectivity index (χ3n) is 7.75. The quantitative estimate of drug-likeness (QED) is 0.208. The van der Waals surface area contributed by atoms with E-state index in [4.69, 9.17) is 5.73 Å². The number of carbonyl (C=O) groups excluding carboxylic acids is 4. The Morgan fingerprint density at radius 1 is 0.974 bits per heavy atom. The number of nitrogens with zero attached hydrogens (tertiary/aromatic N) is 1. The number of nitrogens with one attached hydrogen (secondary N) is 3. The Hall–Kier alpha value is -2.53. The molecule has 6 N–H and O–H groups in total. The molecule has 1 aliphatic heterocycles. The SMILES string of the molecule is CCN(CC(=O)N[C@@H](CC(=O)O)C(=O)NC(=O)[C@@H](N)CCC1CCCCC1)C(=O)CCCC1CCNCC1. The zero-order valence-corrected chi connectivity index (χ0v) is 22.8. The number of likely N-dealkylation sites (N-methyl/N-ethyl adjacent to an activating group) is 1. The van der Waals surface area contributed by atoms with Crippen molar-refractivity contribution in [1.29, 1.82) is 0 Å². The maximum atomic E-state index is 12.7. The summed E-state index contributed by atoms with van der Waals surface area (Å²) in [5.41, 5.74) is 5.97. The fraction of sp³-hybridized carbons (Fsp3) is 0.815. The summed E-state index contributed by atoms with van der Waals surface area (Å²) in [6.45, 7) is 3.78. The molecule has 2 atom stereocenters. The van der Waals surface area contributed by atoms with Crippen LogP contribution < -0.4 is 21.7 Å². The minimum atomic E-state index is -1.46. The number of amides is 4. The molecule has 0 aromatic heterocycles. The first kappa shape index (κ1) is 31.7. The third-order valence-corrected chi connectivity index (χ3v) is 7.75. The fourth-order valence-corrected chi connectivity index (χ4v) is 5.37. The average molecular weight is 538 g/mol. The molecule has 1 saturated carbocycles. The number of imide groups is 1. The van der Waals surface area contributed by atoms with Gasteiger partial charge >= 0.3 is 5.97 Å². The average Bonchev–Trinajstić information content (AvgIpc) is 2.90. The van der Waals surface area contributed by atoms with E-state index in [2.05, 4.69) is 16.0 Å². The van der Waals surface area contributed by atoms with Crippen LogP contribution in [0.4, 0.5) is 0 Å². The van der Waals surface area contributed by atoms with Crippen LogP contribution >= 0.6 is 0 Å². The highest BCUT2D eigenvalue weighted by atomic mass is 16.4. The predicted molar refractivity (Wildman–Crippen MR) is 143 cm³/mol. The molecule has 216 valence electrons. The smallest absolute Gasteiger partial charge is 0.305 e. The van der Waals surface area contributed by atoms with Crippen molar-refractivity contribution in [2.75, 3.05) is 26.2 Å². The van der Waals surface area contributed by atoms with E-state index in [0.29, 0.717) is 31.2 Å². The van der Waals surface area contributed by atoms with Gasteiger partial charge in [0.1, 0.15) is 6.04 Å². The van der Waals surface area contributed by atoms with E-state index in [1.165, 1.54) is 24.2 Å². The standard InChI is InChI=1S/C27H47N5O6/c1-2-32(24(34)10-6-9-20-13-15-29-16-14-20)18-23(33)30-22(17-25(35)36)27(38)31-26(37)21(28)12-11-19-7-4-3-5-8-19/h19-22,29H,2-18,28H2,1H3,(H,30,33)(H,35,36)(H,31,37,38)/t21-,22-/m0/s1. The van der Waals surface area contributed by atoms with Crippen molar-refractivity contribution in [3.63, 3.8) is 0 Å². The van der Waals surface area contributed by atoms with Gasteiger partial charge in [0.15, 0.2) is 0 Å². The molecule has 1 saturated heterocycles. The lowest BCUT2D eigenvalue weighted by atomic mass is 9.85. The highest BCUT2D eigenvalue weighted by Crippen LogP contribution is 2.27. The van der Waals surface area contributed by atoms with E-state index in [0.717, 1.165) is 58.0 Å². The van der Waals surface area contributed by atoms with Crippen LogP contribution in [0.3, 0.4) is 0 Å². The summed E-state index contributed by atoms with van der Waals surface area (Å²) in [5, 5.41) is 17.1. The Kier molecular flexibility index (Phi) is 14.3. The fourth-order valence-electron chi connectivity index (χ4n) is 5.37. The van der Waals surface area contributed by atoms with E-state index >= 15 is 0 Å². The van der Waals surface area contributed by atoms with E-state index in [1.807, 2.05) is 0 Å². The third kappa shape index (κ3) is 11.9. The summed E-state index contributed by atoms with van der Waals surface area (Å²) < 4.78 is 0. The number of hydrogen-bond donors (Lipinski definition) is 5. The number of nitrogens with two attached hydrogens (primary N) is 1. The van der Waals surface area contributed by atoms with Crippen molar-refractivity contribution in [3.8, 4) is 0 Å². The minimum absolute atomic E-state index is 0.157. The molecule has 2 fully saturated rings. The van der Waals surface area contributed by atoms with Crippen LogP contribution in [0.25, 0.3) is 0 Å². The molecular formula is C27H47N5O6. The number of carboxylic acids is 1. The topological polar surface area (TPSA) is 171 Å². The largest absolute Gasteiger partial charge is 0.481 e. The number of rotatable bonds is 15. The molecule has 4 amide bonds. The van der Waals surface area contributed by atoms with Crippen LogP contribution in [-0.2, 0) is 24.0 Å². The van der Waals surface area contributed by atoms with E-state index < -0.39 is 42.2 Å². The van der Waals surface area contributed by atoms with Gasteiger partial charge in [-0.1, -0.05) is 32.1 Å². The van der Waals surface area contributed by atoms with Gasteiger partial charge in [-0.3, -0.25) is 29.3 Å². The molecule has 38 heavy (non-hydrogen) atoms. The molecule has 11 nitrogen and oxygen atoms in total. The van der Waals surface area contributed by atoms with Crippen LogP contribution in [0.5, 0.6) is 0 Å². The van der Waals surface area contributed by atoms with Gasteiger partial charge < -0.3 is 26.4 Å². The van der Waals surface area contributed by atoms with Crippen molar-refractivity contribution in [3.05, 3.63) is 0 Å². The monoisotopic (exact) mass is 537 g/mol. The van der Waals surface area contributed by atoms with Crippen molar-refractivity contribution < 1.29 is 29.1 Å². The van der Waals surface area contributed by atoms with Crippen molar-refractivity contribution >= 4 is 29.6 Å².